The molecule has 24 heavy (non-hydrogen) atoms. The number of hydrogen-bond donors (Lipinski definition) is 1. The number of nitrogens with one attached hydrogen (secondary N) is 1. The molecular weight excluding hydrogens is 330 g/mol. The zero-order chi connectivity index (χ0) is 17.7. The minimum absolute atomic E-state index is 0.191. The fraction of sp³-hybridized carbons (Fsp3) is 0.412. The summed E-state index contributed by atoms with van der Waals surface area (Å²) in [5, 5.41) is 3.50. The summed E-state index contributed by atoms with van der Waals surface area (Å²) < 4.78 is 15.6. The largest absolute Gasteiger partial charge is 0.497 e. The first-order valence-electron chi connectivity index (χ1n) is 7.46. The Morgan fingerprint density at radius 3 is 2.71 bits per heavy atom. The number of hydrogen-bond acceptors (Lipinski definition) is 6. The van der Waals surface area contributed by atoms with E-state index in [-0.39, 0.29) is 5.76 Å². The summed E-state index contributed by atoms with van der Waals surface area (Å²) in [5.74, 6) is 0.713. The molecule has 1 amide bonds. The van der Waals surface area contributed by atoms with E-state index in [0.29, 0.717) is 23.3 Å². The predicted molar refractivity (Wildman–Crippen MR) is 93.8 cm³/mol. The number of carbonyl (C=O) groups is 2. The zero-order valence-corrected chi connectivity index (χ0v) is 15.0. The quantitative estimate of drug-likeness (QED) is 0.773. The van der Waals surface area contributed by atoms with Gasteiger partial charge in [-0.1, -0.05) is 0 Å². The van der Waals surface area contributed by atoms with Gasteiger partial charge in [-0.2, -0.15) is 11.8 Å². The number of carbonyl (C=O) groups excluding carboxylic acids is 2. The lowest BCUT2D eigenvalue weighted by Crippen LogP contribution is -2.42. The molecule has 1 aromatic heterocycles. The minimum atomic E-state index is -0.697. The molecule has 0 aliphatic heterocycles. The number of ether oxygens (including phenoxy) is 2. The Bertz CT molecular complexity index is 740. The first-order chi connectivity index (χ1) is 11.5. The molecule has 2 rings (SSSR count). The van der Waals surface area contributed by atoms with E-state index in [1.165, 1.54) is 7.11 Å². The second-order valence-corrected chi connectivity index (χ2v) is 6.23. The van der Waals surface area contributed by atoms with Crippen molar-refractivity contribution in [3.63, 3.8) is 0 Å². The van der Waals surface area contributed by atoms with Crippen LogP contribution in [0.2, 0.25) is 0 Å². The fourth-order valence-electron chi connectivity index (χ4n) is 2.39. The van der Waals surface area contributed by atoms with E-state index >= 15 is 0 Å². The highest BCUT2D eigenvalue weighted by Crippen LogP contribution is 2.28. The molecule has 6 nitrogen and oxygen atoms in total. The molecule has 1 atom stereocenters. The molecule has 130 valence electrons. The normalized spacial score (nSPS) is 12.0. The van der Waals surface area contributed by atoms with Crippen molar-refractivity contribution in [2.75, 3.05) is 26.2 Å². The van der Waals surface area contributed by atoms with Gasteiger partial charge in [0.15, 0.2) is 5.76 Å². The van der Waals surface area contributed by atoms with Gasteiger partial charge in [0.25, 0.3) is 5.91 Å². The minimum Gasteiger partial charge on any atom is -0.497 e. The Labute approximate surface area is 144 Å². The monoisotopic (exact) mass is 351 g/mol. The number of thioether (sulfide) groups is 1. The summed E-state index contributed by atoms with van der Waals surface area (Å²) in [7, 11) is 2.89. The third kappa shape index (κ3) is 3.84. The number of aryl methyl sites for hydroxylation is 1. The summed E-state index contributed by atoms with van der Waals surface area (Å²) in [4.78, 5) is 24.4. The molecule has 0 saturated heterocycles. The van der Waals surface area contributed by atoms with Crippen LogP contribution in [0.4, 0.5) is 0 Å². The lowest BCUT2D eigenvalue weighted by atomic mass is 10.1. The number of esters is 1. The van der Waals surface area contributed by atoms with Gasteiger partial charge < -0.3 is 19.2 Å². The van der Waals surface area contributed by atoms with Crippen LogP contribution in [0.25, 0.3) is 11.0 Å². The Balaban J connectivity index is 2.26. The van der Waals surface area contributed by atoms with Crippen LogP contribution in [-0.4, -0.2) is 44.1 Å². The van der Waals surface area contributed by atoms with E-state index in [1.807, 2.05) is 12.3 Å². The van der Waals surface area contributed by atoms with Gasteiger partial charge in [0.1, 0.15) is 17.4 Å². The van der Waals surface area contributed by atoms with E-state index in [1.54, 1.807) is 37.9 Å². The van der Waals surface area contributed by atoms with Crippen LogP contribution < -0.4 is 10.1 Å². The number of benzene rings is 1. The lowest BCUT2D eigenvalue weighted by molar-refractivity contribution is -0.142. The molecule has 0 aliphatic rings. The number of methoxy groups -OCH3 is 2. The van der Waals surface area contributed by atoms with Crippen LogP contribution in [0.15, 0.2) is 22.6 Å². The maximum atomic E-state index is 12.5. The molecule has 0 aliphatic carbocycles. The van der Waals surface area contributed by atoms with Gasteiger partial charge in [-0.15, -0.1) is 0 Å². The fourth-order valence-corrected chi connectivity index (χ4v) is 2.87. The van der Waals surface area contributed by atoms with E-state index in [9.17, 15) is 9.59 Å². The first kappa shape index (κ1) is 18.2. The van der Waals surface area contributed by atoms with Gasteiger partial charge in [0, 0.05) is 10.9 Å². The molecule has 7 heteroatoms. The van der Waals surface area contributed by atoms with Crippen molar-refractivity contribution in [3.8, 4) is 5.75 Å². The predicted octanol–water partition coefficient (Wildman–Crippen LogP) is 2.77. The topological polar surface area (TPSA) is 77.8 Å². The molecule has 0 bridgehead atoms. The van der Waals surface area contributed by atoms with Crippen LogP contribution in [0.5, 0.6) is 5.75 Å². The molecule has 1 N–H and O–H groups in total. The second kappa shape index (κ2) is 8.10. The van der Waals surface area contributed by atoms with Crippen LogP contribution in [0, 0.1) is 6.92 Å². The molecule has 1 heterocycles. The van der Waals surface area contributed by atoms with Gasteiger partial charge in [-0.25, -0.2) is 4.79 Å². The molecule has 1 aromatic carbocycles. The second-order valence-electron chi connectivity index (χ2n) is 5.25. The van der Waals surface area contributed by atoms with Crippen molar-refractivity contribution < 1.29 is 23.5 Å². The van der Waals surface area contributed by atoms with E-state index in [4.69, 9.17) is 13.9 Å². The van der Waals surface area contributed by atoms with Crippen LogP contribution >= 0.6 is 11.8 Å². The Kier molecular flexibility index (Phi) is 6.14. The van der Waals surface area contributed by atoms with E-state index in [2.05, 4.69) is 5.32 Å². The molecule has 0 fully saturated rings. The number of amides is 1. The Morgan fingerprint density at radius 1 is 1.33 bits per heavy atom. The van der Waals surface area contributed by atoms with E-state index < -0.39 is 17.9 Å². The van der Waals surface area contributed by atoms with Crippen molar-refractivity contribution >= 4 is 34.6 Å². The van der Waals surface area contributed by atoms with Gasteiger partial charge in [-0.05, 0) is 43.6 Å². The first-order valence-corrected chi connectivity index (χ1v) is 8.86. The van der Waals surface area contributed by atoms with Crippen molar-refractivity contribution in [1.29, 1.82) is 0 Å². The Hall–Kier alpha value is -2.15. The summed E-state index contributed by atoms with van der Waals surface area (Å²) in [5.41, 5.74) is 1.30. The van der Waals surface area contributed by atoms with Gasteiger partial charge in [0.05, 0.1) is 14.2 Å². The average molecular weight is 351 g/mol. The van der Waals surface area contributed by atoms with Crippen molar-refractivity contribution in [3.05, 3.63) is 29.5 Å². The third-order valence-corrected chi connectivity index (χ3v) is 4.40. The highest BCUT2D eigenvalue weighted by atomic mass is 32.2. The smallest absolute Gasteiger partial charge is 0.328 e. The number of fused-ring (bicyclic) bond motifs is 1. The third-order valence-electron chi connectivity index (χ3n) is 3.75. The SMILES string of the molecule is COC(=O)[C@H](CCSC)NC(=O)c1oc2ccc(OC)cc2c1C. The maximum absolute atomic E-state index is 12.5. The van der Waals surface area contributed by atoms with Crippen LogP contribution in [-0.2, 0) is 9.53 Å². The molecule has 0 saturated carbocycles. The lowest BCUT2D eigenvalue weighted by Gasteiger charge is -2.15. The van der Waals surface area contributed by atoms with Gasteiger partial charge in [0.2, 0.25) is 0 Å². The zero-order valence-electron chi connectivity index (χ0n) is 14.2. The number of rotatable bonds is 7. The molecule has 2 aromatic rings. The molecule has 0 radical (unpaired) electrons. The van der Waals surface area contributed by atoms with Crippen molar-refractivity contribution in [1.82, 2.24) is 5.32 Å². The van der Waals surface area contributed by atoms with E-state index in [0.717, 1.165) is 11.1 Å². The van der Waals surface area contributed by atoms with Crippen molar-refractivity contribution in [2.45, 2.75) is 19.4 Å². The summed E-state index contributed by atoms with van der Waals surface area (Å²) in [6.45, 7) is 1.80. The molecule has 0 unspecified atom stereocenters. The average Bonchev–Trinajstić information content (AvgIpc) is 2.94. The summed E-state index contributed by atoms with van der Waals surface area (Å²) in [6.07, 6.45) is 2.43. The Morgan fingerprint density at radius 2 is 2.08 bits per heavy atom. The maximum Gasteiger partial charge on any atom is 0.328 e. The summed E-state index contributed by atoms with van der Waals surface area (Å²) in [6, 6.07) is 4.64. The van der Waals surface area contributed by atoms with Gasteiger partial charge >= 0.3 is 5.97 Å². The molecule has 0 spiro atoms. The summed E-state index contributed by atoms with van der Waals surface area (Å²) >= 11 is 1.60. The molecular formula is C17H21NO5S. The highest BCUT2D eigenvalue weighted by molar-refractivity contribution is 7.98. The van der Waals surface area contributed by atoms with Crippen molar-refractivity contribution in [2.24, 2.45) is 0 Å². The van der Waals surface area contributed by atoms with Crippen LogP contribution in [0.3, 0.4) is 0 Å². The number of furan rings is 1. The van der Waals surface area contributed by atoms with Crippen LogP contribution in [0.1, 0.15) is 22.5 Å². The highest BCUT2D eigenvalue weighted by Gasteiger charge is 2.25. The van der Waals surface area contributed by atoms with Gasteiger partial charge in [-0.3, -0.25) is 4.79 Å². The standard InChI is InChI=1S/C17H21NO5S/c1-10-12-9-11(21-2)5-6-14(12)23-15(10)16(19)18-13(7-8-24-4)17(20)22-3/h5-6,9,13H,7-8H2,1-4H3,(H,18,19)/t13-/m0/s1.